The average molecular weight is 391 g/mol. The number of fused-ring (bicyclic) bond motifs is 2. The zero-order valence-electron chi connectivity index (χ0n) is 16.7. The molecule has 1 aromatic heterocycles. The van der Waals surface area contributed by atoms with E-state index in [4.69, 9.17) is 14.5 Å². The molecule has 2 N–H and O–H groups in total. The second-order valence-electron chi connectivity index (χ2n) is 7.21. The summed E-state index contributed by atoms with van der Waals surface area (Å²) in [6, 6.07) is 16.1. The van der Waals surface area contributed by atoms with Gasteiger partial charge in [0.25, 0.3) is 0 Å². The van der Waals surface area contributed by atoms with Gasteiger partial charge in [-0.2, -0.15) is 0 Å². The smallest absolute Gasteiger partial charge is 0.250 e. The molecule has 0 aliphatic heterocycles. The molecule has 0 radical (unpaired) electrons. The lowest BCUT2D eigenvalue weighted by Crippen LogP contribution is -2.19. The van der Waals surface area contributed by atoms with E-state index in [2.05, 4.69) is 22.8 Å². The van der Waals surface area contributed by atoms with Crippen LogP contribution in [0.2, 0.25) is 0 Å². The maximum Gasteiger partial charge on any atom is 0.250 e. The molecule has 4 rings (SSSR count). The lowest BCUT2D eigenvalue weighted by atomic mass is 9.87. The molecule has 6 heteroatoms. The molecule has 0 fully saturated rings. The SMILES string of the molecule is COCC(=O)Nc1ccc2nc(NC3CCCc4cccc(OC)c43)ccc2c1. The number of carbonyl (C=O) groups excluding carboxylic acids is 1. The molecule has 0 saturated carbocycles. The number of anilines is 2. The van der Waals surface area contributed by atoms with Gasteiger partial charge in [0.2, 0.25) is 5.91 Å². The van der Waals surface area contributed by atoms with Gasteiger partial charge in [-0.25, -0.2) is 4.98 Å². The van der Waals surface area contributed by atoms with Crippen molar-refractivity contribution in [1.82, 2.24) is 4.98 Å². The second kappa shape index (κ2) is 8.49. The van der Waals surface area contributed by atoms with E-state index in [0.29, 0.717) is 0 Å². The highest BCUT2D eigenvalue weighted by atomic mass is 16.5. The van der Waals surface area contributed by atoms with Crippen molar-refractivity contribution in [3.63, 3.8) is 0 Å². The number of carbonyl (C=O) groups is 1. The van der Waals surface area contributed by atoms with Crippen LogP contribution < -0.4 is 15.4 Å². The quantitative estimate of drug-likeness (QED) is 0.655. The summed E-state index contributed by atoms with van der Waals surface area (Å²) in [4.78, 5) is 16.5. The van der Waals surface area contributed by atoms with Crippen molar-refractivity contribution in [2.24, 2.45) is 0 Å². The molecule has 1 aliphatic rings. The maximum absolute atomic E-state index is 11.7. The van der Waals surface area contributed by atoms with Crippen LogP contribution in [0.15, 0.2) is 48.5 Å². The molecule has 2 aromatic carbocycles. The number of hydrogen-bond acceptors (Lipinski definition) is 5. The molecule has 0 bridgehead atoms. The number of nitrogens with one attached hydrogen (secondary N) is 2. The zero-order valence-corrected chi connectivity index (χ0v) is 16.7. The number of hydrogen-bond donors (Lipinski definition) is 2. The van der Waals surface area contributed by atoms with Crippen LogP contribution in [0.4, 0.5) is 11.5 Å². The lowest BCUT2D eigenvalue weighted by Gasteiger charge is -2.28. The van der Waals surface area contributed by atoms with E-state index in [-0.39, 0.29) is 18.6 Å². The van der Waals surface area contributed by atoms with Crippen molar-refractivity contribution in [2.75, 3.05) is 31.5 Å². The third-order valence-corrected chi connectivity index (χ3v) is 5.23. The molecule has 1 unspecified atom stereocenters. The molecule has 150 valence electrons. The molecule has 1 amide bonds. The van der Waals surface area contributed by atoms with Crippen LogP contribution in [0.1, 0.15) is 30.0 Å². The number of aromatic nitrogens is 1. The van der Waals surface area contributed by atoms with E-state index < -0.39 is 0 Å². The largest absolute Gasteiger partial charge is 0.496 e. The van der Waals surface area contributed by atoms with Gasteiger partial charge < -0.3 is 20.1 Å². The normalized spacial score (nSPS) is 15.6. The van der Waals surface area contributed by atoms with Crippen LogP contribution in [0, 0.1) is 0 Å². The van der Waals surface area contributed by atoms with Gasteiger partial charge in [0.15, 0.2) is 0 Å². The summed E-state index contributed by atoms with van der Waals surface area (Å²) in [5.41, 5.74) is 4.17. The number of nitrogens with zero attached hydrogens (tertiary/aromatic N) is 1. The molecule has 6 nitrogen and oxygen atoms in total. The van der Waals surface area contributed by atoms with Crippen LogP contribution >= 0.6 is 0 Å². The monoisotopic (exact) mass is 391 g/mol. The predicted molar refractivity (Wildman–Crippen MR) is 115 cm³/mol. The van der Waals surface area contributed by atoms with E-state index in [1.807, 2.05) is 36.4 Å². The average Bonchev–Trinajstić information content (AvgIpc) is 2.73. The van der Waals surface area contributed by atoms with Crippen LogP contribution in [-0.2, 0) is 16.0 Å². The number of pyridine rings is 1. The first kappa shape index (κ1) is 19.2. The van der Waals surface area contributed by atoms with Gasteiger partial charge in [-0.05, 0) is 61.2 Å². The Balaban J connectivity index is 1.56. The van der Waals surface area contributed by atoms with Gasteiger partial charge in [-0.3, -0.25) is 4.79 Å². The highest BCUT2D eigenvalue weighted by Crippen LogP contribution is 2.38. The standard InChI is InChI=1S/C23H25N3O3/c1-28-14-22(27)24-17-10-11-18-16(13-17)9-12-21(25-18)26-19-7-3-5-15-6-4-8-20(29-2)23(15)19/h4,6,8-13,19H,3,5,7,14H2,1-2H3,(H,24,27)(H,25,26). The minimum atomic E-state index is -0.178. The third kappa shape index (κ3) is 4.17. The Bertz CT molecular complexity index is 1020. The molecular weight excluding hydrogens is 366 g/mol. The fraction of sp³-hybridized carbons (Fsp3) is 0.304. The Morgan fingerprint density at radius 2 is 2.07 bits per heavy atom. The lowest BCUT2D eigenvalue weighted by molar-refractivity contribution is -0.119. The van der Waals surface area contributed by atoms with Gasteiger partial charge in [0.05, 0.1) is 18.7 Å². The summed E-state index contributed by atoms with van der Waals surface area (Å²) in [6.07, 6.45) is 3.25. The van der Waals surface area contributed by atoms with Gasteiger partial charge in [0.1, 0.15) is 18.2 Å². The Morgan fingerprint density at radius 3 is 2.90 bits per heavy atom. The predicted octanol–water partition coefficient (Wildman–Crippen LogP) is 4.32. The fourth-order valence-corrected chi connectivity index (χ4v) is 3.96. The van der Waals surface area contributed by atoms with Gasteiger partial charge in [-0.1, -0.05) is 12.1 Å². The van der Waals surface area contributed by atoms with Crippen molar-refractivity contribution in [3.05, 3.63) is 59.7 Å². The van der Waals surface area contributed by atoms with Crippen LogP contribution in [0.5, 0.6) is 5.75 Å². The van der Waals surface area contributed by atoms with E-state index in [1.165, 1.54) is 18.2 Å². The van der Waals surface area contributed by atoms with Crippen molar-refractivity contribution in [3.8, 4) is 5.75 Å². The maximum atomic E-state index is 11.7. The number of ether oxygens (including phenoxy) is 2. The number of methoxy groups -OCH3 is 2. The van der Waals surface area contributed by atoms with Crippen molar-refractivity contribution >= 4 is 28.3 Å². The van der Waals surface area contributed by atoms with Crippen molar-refractivity contribution in [1.29, 1.82) is 0 Å². The summed E-state index contributed by atoms with van der Waals surface area (Å²) >= 11 is 0. The number of benzene rings is 2. The Hall–Kier alpha value is -3.12. The first-order valence-electron chi connectivity index (χ1n) is 9.80. The van der Waals surface area contributed by atoms with E-state index in [1.54, 1.807) is 7.11 Å². The van der Waals surface area contributed by atoms with Gasteiger partial charge in [-0.15, -0.1) is 0 Å². The fourth-order valence-electron chi connectivity index (χ4n) is 3.96. The Kier molecular flexibility index (Phi) is 5.62. The first-order chi connectivity index (χ1) is 14.2. The number of rotatable bonds is 6. The summed E-state index contributed by atoms with van der Waals surface area (Å²) < 4.78 is 10.5. The van der Waals surface area contributed by atoms with Gasteiger partial charge >= 0.3 is 0 Å². The number of aryl methyl sites for hydroxylation is 1. The first-order valence-corrected chi connectivity index (χ1v) is 9.80. The van der Waals surface area contributed by atoms with E-state index >= 15 is 0 Å². The van der Waals surface area contributed by atoms with Crippen LogP contribution in [-0.4, -0.2) is 31.7 Å². The highest BCUT2D eigenvalue weighted by molar-refractivity contribution is 5.94. The summed E-state index contributed by atoms with van der Waals surface area (Å²) in [7, 11) is 3.22. The Labute approximate surface area is 170 Å². The van der Waals surface area contributed by atoms with E-state index in [0.717, 1.165) is 47.4 Å². The molecule has 0 spiro atoms. The molecule has 1 heterocycles. The summed E-state index contributed by atoms with van der Waals surface area (Å²) in [5, 5.41) is 7.37. The third-order valence-electron chi connectivity index (χ3n) is 5.23. The number of amides is 1. The van der Waals surface area contributed by atoms with Crippen LogP contribution in [0.25, 0.3) is 10.9 Å². The topological polar surface area (TPSA) is 72.5 Å². The van der Waals surface area contributed by atoms with Gasteiger partial charge in [0, 0.05) is 23.7 Å². The van der Waals surface area contributed by atoms with Crippen molar-refractivity contribution in [2.45, 2.75) is 25.3 Å². The Morgan fingerprint density at radius 1 is 1.17 bits per heavy atom. The second-order valence-corrected chi connectivity index (χ2v) is 7.21. The molecule has 1 aliphatic carbocycles. The molecule has 29 heavy (non-hydrogen) atoms. The minimum Gasteiger partial charge on any atom is -0.496 e. The van der Waals surface area contributed by atoms with E-state index in [9.17, 15) is 4.79 Å². The summed E-state index contributed by atoms with van der Waals surface area (Å²) in [6.45, 7) is 0.0332. The van der Waals surface area contributed by atoms with Crippen molar-refractivity contribution < 1.29 is 14.3 Å². The molecule has 0 saturated heterocycles. The summed E-state index contributed by atoms with van der Waals surface area (Å²) in [5.74, 6) is 1.58. The zero-order chi connectivity index (χ0) is 20.2. The molecule has 3 aromatic rings. The molecule has 1 atom stereocenters. The molecular formula is C23H25N3O3. The minimum absolute atomic E-state index is 0.0332. The van der Waals surface area contributed by atoms with Crippen LogP contribution in [0.3, 0.4) is 0 Å². The highest BCUT2D eigenvalue weighted by Gasteiger charge is 2.24.